The smallest absolute Gasteiger partial charge is 0.134 e. The van der Waals surface area contributed by atoms with E-state index in [1.807, 2.05) is 12.1 Å². The Labute approximate surface area is 120 Å². The Bertz CT molecular complexity index is 405. The molecule has 2 N–H and O–H groups in total. The van der Waals surface area contributed by atoms with E-state index in [9.17, 15) is 5.11 Å². The van der Waals surface area contributed by atoms with Crippen LogP contribution >= 0.6 is 11.6 Å². The van der Waals surface area contributed by atoms with Gasteiger partial charge < -0.3 is 15.3 Å². The van der Waals surface area contributed by atoms with Crippen molar-refractivity contribution >= 4 is 11.6 Å². The molecular weight excluding hydrogens is 260 g/mol. The minimum Gasteiger partial charge on any atom is -0.506 e. The number of hydrogen-bond acceptors (Lipinski definition) is 3. The van der Waals surface area contributed by atoms with Crippen LogP contribution < -0.4 is 5.32 Å². The second-order valence-electron chi connectivity index (χ2n) is 5.43. The standard InChI is InChI=1S/C15H23ClN2O/c1-12(11-18-7-3-2-4-8-18)17-10-13-5-6-15(19)14(16)9-13/h5-6,9,12,17,19H,2-4,7-8,10-11H2,1H3. The lowest BCUT2D eigenvalue weighted by Crippen LogP contribution is -2.41. The number of phenols is 1. The lowest BCUT2D eigenvalue weighted by atomic mass is 10.1. The number of benzene rings is 1. The number of halogens is 1. The van der Waals surface area contributed by atoms with Crippen molar-refractivity contribution < 1.29 is 5.11 Å². The van der Waals surface area contributed by atoms with Crippen LogP contribution in [0.25, 0.3) is 0 Å². The van der Waals surface area contributed by atoms with Crippen molar-refractivity contribution in [3.05, 3.63) is 28.8 Å². The average molecular weight is 283 g/mol. The minimum atomic E-state index is 0.145. The summed E-state index contributed by atoms with van der Waals surface area (Å²) in [5.74, 6) is 0.145. The Hall–Kier alpha value is -0.770. The topological polar surface area (TPSA) is 35.5 Å². The predicted molar refractivity (Wildman–Crippen MR) is 79.7 cm³/mol. The van der Waals surface area contributed by atoms with E-state index in [0.29, 0.717) is 11.1 Å². The van der Waals surface area contributed by atoms with Gasteiger partial charge in [0.2, 0.25) is 0 Å². The number of likely N-dealkylation sites (tertiary alicyclic amines) is 1. The first kappa shape index (κ1) is 14.6. The van der Waals surface area contributed by atoms with Crippen LogP contribution in [0.1, 0.15) is 31.7 Å². The second kappa shape index (κ2) is 7.13. The van der Waals surface area contributed by atoms with E-state index in [4.69, 9.17) is 11.6 Å². The van der Waals surface area contributed by atoms with Gasteiger partial charge in [0, 0.05) is 19.1 Å². The summed E-state index contributed by atoms with van der Waals surface area (Å²) in [5, 5.41) is 13.3. The molecule has 1 saturated heterocycles. The molecule has 1 heterocycles. The molecule has 2 rings (SSSR count). The van der Waals surface area contributed by atoms with Crippen molar-refractivity contribution in [2.45, 2.75) is 38.8 Å². The van der Waals surface area contributed by atoms with Gasteiger partial charge >= 0.3 is 0 Å². The molecule has 3 nitrogen and oxygen atoms in total. The molecule has 0 spiro atoms. The molecule has 0 saturated carbocycles. The maximum Gasteiger partial charge on any atom is 0.134 e. The molecule has 0 aliphatic carbocycles. The van der Waals surface area contributed by atoms with Crippen LogP contribution in [0.15, 0.2) is 18.2 Å². The highest BCUT2D eigenvalue weighted by Crippen LogP contribution is 2.23. The van der Waals surface area contributed by atoms with Gasteiger partial charge in [-0.1, -0.05) is 24.1 Å². The van der Waals surface area contributed by atoms with Gasteiger partial charge in [-0.25, -0.2) is 0 Å². The fourth-order valence-corrected chi connectivity index (χ4v) is 2.75. The van der Waals surface area contributed by atoms with Gasteiger partial charge in [-0.05, 0) is 50.6 Å². The molecule has 19 heavy (non-hydrogen) atoms. The summed E-state index contributed by atoms with van der Waals surface area (Å²) >= 11 is 5.90. The van der Waals surface area contributed by atoms with Gasteiger partial charge in [-0.2, -0.15) is 0 Å². The van der Waals surface area contributed by atoms with E-state index in [0.717, 1.165) is 18.7 Å². The highest BCUT2D eigenvalue weighted by molar-refractivity contribution is 6.32. The summed E-state index contributed by atoms with van der Waals surface area (Å²) in [7, 11) is 0. The van der Waals surface area contributed by atoms with Gasteiger partial charge in [0.05, 0.1) is 5.02 Å². The Morgan fingerprint density at radius 1 is 1.32 bits per heavy atom. The van der Waals surface area contributed by atoms with Crippen LogP contribution in [0, 0.1) is 0 Å². The Kier molecular flexibility index (Phi) is 5.49. The molecule has 0 radical (unpaired) electrons. The predicted octanol–water partition coefficient (Wildman–Crippen LogP) is 3.01. The molecule has 1 atom stereocenters. The first-order valence-electron chi connectivity index (χ1n) is 7.08. The SMILES string of the molecule is CC(CN1CCCCC1)NCc1ccc(O)c(Cl)c1. The van der Waals surface area contributed by atoms with Crippen molar-refractivity contribution in [3.63, 3.8) is 0 Å². The molecule has 1 fully saturated rings. The van der Waals surface area contributed by atoms with Crippen LogP contribution in [0.3, 0.4) is 0 Å². The average Bonchev–Trinajstić information content (AvgIpc) is 2.41. The molecule has 1 unspecified atom stereocenters. The second-order valence-corrected chi connectivity index (χ2v) is 5.84. The first-order valence-corrected chi connectivity index (χ1v) is 7.46. The van der Waals surface area contributed by atoms with Crippen LogP contribution in [0.5, 0.6) is 5.75 Å². The minimum absolute atomic E-state index is 0.145. The normalized spacial score (nSPS) is 18.4. The molecule has 1 aliphatic heterocycles. The van der Waals surface area contributed by atoms with Crippen molar-refractivity contribution in [3.8, 4) is 5.75 Å². The number of aromatic hydroxyl groups is 1. The van der Waals surface area contributed by atoms with Gasteiger partial charge in [0.25, 0.3) is 0 Å². The van der Waals surface area contributed by atoms with E-state index >= 15 is 0 Å². The van der Waals surface area contributed by atoms with Crippen molar-refractivity contribution in [1.29, 1.82) is 0 Å². The monoisotopic (exact) mass is 282 g/mol. The molecule has 0 bridgehead atoms. The first-order chi connectivity index (χ1) is 9.15. The van der Waals surface area contributed by atoms with Gasteiger partial charge in [0.15, 0.2) is 0 Å². The third-order valence-electron chi connectivity index (χ3n) is 3.65. The van der Waals surface area contributed by atoms with Crippen molar-refractivity contribution in [2.24, 2.45) is 0 Å². The molecule has 0 amide bonds. The third kappa shape index (κ3) is 4.68. The number of piperidine rings is 1. The lowest BCUT2D eigenvalue weighted by Gasteiger charge is -2.29. The number of hydrogen-bond donors (Lipinski definition) is 2. The van der Waals surface area contributed by atoms with E-state index in [1.54, 1.807) is 6.07 Å². The summed E-state index contributed by atoms with van der Waals surface area (Å²) in [4.78, 5) is 2.53. The van der Waals surface area contributed by atoms with Crippen LogP contribution in [0.4, 0.5) is 0 Å². The van der Waals surface area contributed by atoms with Crippen LogP contribution in [0.2, 0.25) is 5.02 Å². The maximum absolute atomic E-state index is 9.38. The highest BCUT2D eigenvalue weighted by Gasteiger charge is 2.13. The molecule has 1 aromatic rings. The quantitative estimate of drug-likeness (QED) is 0.871. The maximum atomic E-state index is 9.38. The third-order valence-corrected chi connectivity index (χ3v) is 3.95. The number of nitrogens with one attached hydrogen (secondary N) is 1. The van der Waals surface area contributed by atoms with Crippen LogP contribution in [-0.2, 0) is 6.54 Å². The summed E-state index contributed by atoms with van der Waals surface area (Å²) in [6, 6.07) is 5.83. The van der Waals surface area contributed by atoms with Crippen molar-refractivity contribution in [2.75, 3.05) is 19.6 Å². The van der Waals surface area contributed by atoms with Gasteiger partial charge in [0.1, 0.15) is 5.75 Å². The zero-order valence-electron chi connectivity index (χ0n) is 11.5. The molecular formula is C15H23ClN2O. The molecule has 106 valence electrons. The van der Waals surface area contributed by atoms with E-state index in [-0.39, 0.29) is 5.75 Å². The summed E-state index contributed by atoms with van der Waals surface area (Å²) in [6.07, 6.45) is 4.05. The lowest BCUT2D eigenvalue weighted by molar-refractivity contribution is 0.209. The largest absolute Gasteiger partial charge is 0.506 e. The highest BCUT2D eigenvalue weighted by atomic mass is 35.5. The molecule has 1 aromatic carbocycles. The fourth-order valence-electron chi connectivity index (χ4n) is 2.55. The number of phenolic OH excluding ortho intramolecular Hbond substituents is 1. The number of rotatable bonds is 5. The van der Waals surface area contributed by atoms with E-state index in [1.165, 1.54) is 32.4 Å². The molecule has 0 aromatic heterocycles. The summed E-state index contributed by atoms with van der Waals surface area (Å²) < 4.78 is 0. The van der Waals surface area contributed by atoms with E-state index < -0.39 is 0 Å². The fraction of sp³-hybridized carbons (Fsp3) is 0.600. The van der Waals surface area contributed by atoms with Crippen molar-refractivity contribution in [1.82, 2.24) is 10.2 Å². The summed E-state index contributed by atoms with van der Waals surface area (Å²) in [5.41, 5.74) is 1.10. The Morgan fingerprint density at radius 3 is 2.74 bits per heavy atom. The molecule has 1 aliphatic rings. The zero-order valence-corrected chi connectivity index (χ0v) is 12.3. The van der Waals surface area contributed by atoms with E-state index in [2.05, 4.69) is 17.1 Å². The summed E-state index contributed by atoms with van der Waals surface area (Å²) in [6.45, 7) is 6.57. The van der Waals surface area contributed by atoms with Crippen LogP contribution in [-0.4, -0.2) is 35.7 Å². The number of nitrogens with zero attached hydrogens (tertiary/aromatic N) is 1. The zero-order chi connectivity index (χ0) is 13.7. The molecule has 4 heteroatoms. The van der Waals surface area contributed by atoms with Gasteiger partial charge in [-0.15, -0.1) is 0 Å². The Balaban J connectivity index is 1.75. The van der Waals surface area contributed by atoms with Gasteiger partial charge in [-0.3, -0.25) is 0 Å². The Morgan fingerprint density at radius 2 is 2.05 bits per heavy atom.